The molecular weight excluding hydrogens is 406 g/mol. The lowest BCUT2D eigenvalue weighted by Crippen LogP contribution is -2.48. The minimum Gasteiger partial charge on any atom is -0.497 e. The second kappa shape index (κ2) is 8.37. The van der Waals surface area contributed by atoms with Crippen molar-refractivity contribution < 1.29 is 22.4 Å². The summed E-state index contributed by atoms with van der Waals surface area (Å²) in [4.78, 5) is 2.29. The molecule has 0 aliphatic carbocycles. The van der Waals surface area contributed by atoms with Crippen molar-refractivity contribution in [2.24, 2.45) is 0 Å². The van der Waals surface area contributed by atoms with Crippen LogP contribution in [0.25, 0.3) is 11.3 Å². The van der Waals surface area contributed by atoms with Gasteiger partial charge in [0, 0.05) is 49.6 Å². The third-order valence-electron chi connectivity index (χ3n) is 5.16. The van der Waals surface area contributed by atoms with Crippen LogP contribution in [0, 0.1) is 0 Å². The number of aromatic nitrogens is 1. The number of nitrogens with zero attached hydrogens (tertiary/aromatic N) is 3. The minimum atomic E-state index is -3.70. The highest BCUT2D eigenvalue weighted by Crippen LogP contribution is 2.32. The average Bonchev–Trinajstić information content (AvgIpc) is 3.34. The fraction of sp³-hybridized carbons (Fsp3) is 0.286. The van der Waals surface area contributed by atoms with Crippen LogP contribution in [0.3, 0.4) is 0 Å². The second-order valence-electron chi connectivity index (χ2n) is 6.83. The lowest BCUT2D eigenvalue weighted by atomic mass is 10.1. The Bertz CT molecular complexity index is 1110. The molecule has 0 unspecified atom stereocenters. The number of methoxy groups -OCH3 is 2. The predicted molar refractivity (Wildman–Crippen MR) is 112 cm³/mol. The number of hydrogen-bond acceptors (Lipinski definition) is 7. The number of piperazine rings is 1. The van der Waals surface area contributed by atoms with E-state index in [4.69, 9.17) is 14.0 Å². The fourth-order valence-electron chi connectivity index (χ4n) is 3.53. The Balaban J connectivity index is 1.53. The third-order valence-corrected chi connectivity index (χ3v) is 7.10. The van der Waals surface area contributed by atoms with E-state index in [9.17, 15) is 8.42 Å². The minimum absolute atomic E-state index is 0.142. The lowest BCUT2D eigenvalue weighted by molar-refractivity contribution is 0.373. The number of rotatable bonds is 6. The third kappa shape index (κ3) is 3.86. The van der Waals surface area contributed by atoms with Gasteiger partial charge in [0.1, 0.15) is 16.4 Å². The second-order valence-corrected chi connectivity index (χ2v) is 8.74. The maximum Gasteiger partial charge on any atom is 0.246 e. The Morgan fingerprint density at radius 2 is 1.77 bits per heavy atom. The molecule has 3 aromatic rings. The molecule has 1 fully saturated rings. The first-order chi connectivity index (χ1) is 14.5. The number of hydrogen-bond donors (Lipinski definition) is 0. The van der Waals surface area contributed by atoms with Crippen molar-refractivity contribution in [2.45, 2.75) is 4.90 Å². The summed E-state index contributed by atoms with van der Waals surface area (Å²) < 4.78 is 43.9. The standard InChI is InChI=1S/C21H23N3O5S/c1-27-18-5-3-4-17(15-18)23-10-12-24(13-11-23)30(25,26)21-7-6-16(14-20(21)28-2)19-8-9-22-29-19/h3-9,14-15H,10-13H2,1-2H3. The highest BCUT2D eigenvalue weighted by molar-refractivity contribution is 7.89. The number of sulfonamides is 1. The summed E-state index contributed by atoms with van der Waals surface area (Å²) in [6, 6.07) is 14.4. The van der Waals surface area contributed by atoms with Crippen molar-refractivity contribution >= 4 is 15.7 Å². The highest BCUT2D eigenvalue weighted by atomic mass is 32.2. The molecule has 0 N–H and O–H groups in total. The van der Waals surface area contributed by atoms with Crippen molar-refractivity contribution in [3.63, 3.8) is 0 Å². The molecule has 0 bridgehead atoms. The topological polar surface area (TPSA) is 85.1 Å². The fourth-order valence-corrected chi connectivity index (χ4v) is 5.09. The molecule has 1 aromatic heterocycles. The molecule has 30 heavy (non-hydrogen) atoms. The largest absolute Gasteiger partial charge is 0.497 e. The van der Waals surface area contributed by atoms with E-state index < -0.39 is 10.0 Å². The van der Waals surface area contributed by atoms with Crippen molar-refractivity contribution in [3.8, 4) is 22.8 Å². The molecule has 0 spiro atoms. The van der Waals surface area contributed by atoms with Crippen molar-refractivity contribution in [1.82, 2.24) is 9.46 Å². The van der Waals surface area contributed by atoms with Crippen LogP contribution >= 0.6 is 0 Å². The molecule has 0 amide bonds. The smallest absolute Gasteiger partial charge is 0.246 e. The van der Waals surface area contributed by atoms with Crippen LogP contribution in [0.1, 0.15) is 0 Å². The Kier molecular flexibility index (Phi) is 5.65. The van der Waals surface area contributed by atoms with Gasteiger partial charge in [-0.15, -0.1) is 0 Å². The normalized spacial score (nSPS) is 15.2. The van der Waals surface area contributed by atoms with Gasteiger partial charge in [0.25, 0.3) is 0 Å². The summed E-state index contributed by atoms with van der Waals surface area (Å²) in [5.41, 5.74) is 1.71. The van der Waals surface area contributed by atoms with E-state index in [2.05, 4.69) is 10.1 Å². The van der Waals surface area contributed by atoms with E-state index in [0.717, 1.165) is 11.4 Å². The maximum absolute atomic E-state index is 13.3. The van der Waals surface area contributed by atoms with Gasteiger partial charge in [-0.1, -0.05) is 11.2 Å². The van der Waals surface area contributed by atoms with E-state index in [1.54, 1.807) is 31.4 Å². The van der Waals surface area contributed by atoms with Crippen molar-refractivity contribution in [2.75, 3.05) is 45.3 Å². The summed E-state index contributed by atoms with van der Waals surface area (Å²) in [6.07, 6.45) is 1.54. The number of ether oxygens (including phenoxy) is 2. The van der Waals surface area contributed by atoms with Crippen LogP contribution in [0.4, 0.5) is 5.69 Å². The van der Waals surface area contributed by atoms with Crippen molar-refractivity contribution in [3.05, 3.63) is 54.7 Å². The van der Waals surface area contributed by atoms with Crippen LogP contribution in [-0.4, -0.2) is 58.3 Å². The maximum atomic E-state index is 13.3. The molecule has 1 aliphatic rings. The summed E-state index contributed by atoms with van der Waals surface area (Å²) >= 11 is 0. The van der Waals surface area contributed by atoms with E-state index in [0.29, 0.717) is 37.5 Å². The zero-order valence-electron chi connectivity index (χ0n) is 16.8. The van der Waals surface area contributed by atoms with E-state index in [1.807, 2.05) is 24.3 Å². The van der Waals surface area contributed by atoms with Gasteiger partial charge < -0.3 is 18.9 Å². The monoisotopic (exact) mass is 429 g/mol. The molecule has 0 radical (unpaired) electrons. The summed E-state index contributed by atoms with van der Waals surface area (Å²) in [5, 5.41) is 3.69. The Hall–Kier alpha value is -3.04. The first-order valence-electron chi connectivity index (χ1n) is 9.51. The van der Waals surface area contributed by atoms with Gasteiger partial charge in [-0.05, 0) is 30.3 Å². The van der Waals surface area contributed by atoms with Gasteiger partial charge in [0.05, 0.1) is 20.4 Å². The molecule has 4 rings (SSSR count). The predicted octanol–water partition coefficient (Wildman–Crippen LogP) is 2.87. The van der Waals surface area contributed by atoms with E-state index >= 15 is 0 Å². The molecule has 2 aromatic carbocycles. The summed E-state index contributed by atoms with van der Waals surface area (Å²) in [6.45, 7) is 1.94. The molecule has 1 aliphatic heterocycles. The highest BCUT2D eigenvalue weighted by Gasteiger charge is 2.31. The van der Waals surface area contributed by atoms with Gasteiger partial charge >= 0.3 is 0 Å². The van der Waals surface area contributed by atoms with Crippen LogP contribution in [-0.2, 0) is 10.0 Å². The van der Waals surface area contributed by atoms with Gasteiger partial charge in [-0.3, -0.25) is 0 Å². The van der Waals surface area contributed by atoms with Crippen LogP contribution in [0.15, 0.2) is 64.1 Å². The first kappa shape index (κ1) is 20.2. The Labute approximate surface area is 175 Å². The molecule has 158 valence electrons. The quantitative estimate of drug-likeness (QED) is 0.596. The Morgan fingerprint density at radius 3 is 2.43 bits per heavy atom. The molecule has 9 heteroatoms. The molecule has 8 nitrogen and oxygen atoms in total. The van der Waals surface area contributed by atoms with Crippen LogP contribution in [0.5, 0.6) is 11.5 Å². The summed E-state index contributed by atoms with van der Waals surface area (Å²) in [7, 11) is -0.611. The molecule has 0 atom stereocenters. The van der Waals surface area contributed by atoms with Gasteiger partial charge in [0.15, 0.2) is 5.76 Å². The zero-order valence-corrected chi connectivity index (χ0v) is 17.6. The summed E-state index contributed by atoms with van der Waals surface area (Å²) in [5.74, 6) is 1.60. The molecule has 0 saturated carbocycles. The lowest BCUT2D eigenvalue weighted by Gasteiger charge is -2.35. The van der Waals surface area contributed by atoms with Gasteiger partial charge in [-0.2, -0.15) is 4.31 Å². The van der Waals surface area contributed by atoms with Gasteiger partial charge in [0.2, 0.25) is 10.0 Å². The SMILES string of the molecule is COc1cccc(N2CCN(S(=O)(=O)c3ccc(-c4ccno4)cc3OC)CC2)c1. The van der Waals surface area contributed by atoms with E-state index in [-0.39, 0.29) is 10.6 Å². The molecule has 2 heterocycles. The number of benzene rings is 2. The molecule has 1 saturated heterocycles. The first-order valence-corrected chi connectivity index (χ1v) is 10.9. The van der Waals surface area contributed by atoms with Gasteiger partial charge in [-0.25, -0.2) is 8.42 Å². The van der Waals surface area contributed by atoms with Crippen molar-refractivity contribution in [1.29, 1.82) is 0 Å². The van der Waals surface area contributed by atoms with E-state index in [1.165, 1.54) is 17.6 Å². The van der Waals surface area contributed by atoms with Crippen LogP contribution in [0.2, 0.25) is 0 Å². The Morgan fingerprint density at radius 1 is 0.967 bits per heavy atom. The number of anilines is 1. The van der Waals surface area contributed by atoms with Crippen LogP contribution < -0.4 is 14.4 Å². The molecular formula is C21H23N3O5S. The zero-order chi connectivity index (χ0) is 21.1. The average molecular weight is 429 g/mol.